The summed E-state index contributed by atoms with van der Waals surface area (Å²) in [6.45, 7) is -0.169. The molecule has 0 fully saturated rings. The van der Waals surface area contributed by atoms with E-state index in [1.165, 1.54) is 24.6 Å². The minimum Gasteiger partial charge on any atom is -0.452 e. The number of ether oxygens (including phenoxy) is 1. The SMILES string of the molecule is O=C(COC(=O)c1ccc(-c2nnco2)cc1)NCCc1ccccc1F. The van der Waals surface area contributed by atoms with Crippen LogP contribution in [0.3, 0.4) is 0 Å². The second-order valence-electron chi connectivity index (χ2n) is 5.59. The van der Waals surface area contributed by atoms with E-state index in [1.807, 2.05) is 0 Å². The fourth-order valence-corrected chi connectivity index (χ4v) is 2.35. The number of hydrogen-bond acceptors (Lipinski definition) is 6. The van der Waals surface area contributed by atoms with Gasteiger partial charge in [-0.2, -0.15) is 0 Å². The molecule has 1 amide bonds. The first-order valence-electron chi connectivity index (χ1n) is 8.17. The van der Waals surface area contributed by atoms with Gasteiger partial charge in [-0.15, -0.1) is 10.2 Å². The maximum absolute atomic E-state index is 13.5. The molecule has 138 valence electrons. The molecule has 2 aromatic carbocycles. The van der Waals surface area contributed by atoms with E-state index in [4.69, 9.17) is 9.15 Å². The van der Waals surface area contributed by atoms with Crippen LogP contribution in [0.5, 0.6) is 0 Å². The van der Waals surface area contributed by atoms with Gasteiger partial charge >= 0.3 is 5.97 Å². The van der Waals surface area contributed by atoms with E-state index in [-0.39, 0.29) is 17.9 Å². The number of halogens is 1. The summed E-state index contributed by atoms with van der Waals surface area (Å²) in [5, 5.41) is 9.93. The molecule has 0 unspecified atom stereocenters. The van der Waals surface area contributed by atoms with E-state index >= 15 is 0 Å². The van der Waals surface area contributed by atoms with Gasteiger partial charge in [0.25, 0.3) is 5.91 Å². The molecule has 7 nitrogen and oxygen atoms in total. The smallest absolute Gasteiger partial charge is 0.338 e. The second kappa shape index (κ2) is 8.70. The molecule has 0 bridgehead atoms. The van der Waals surface area contributed by atoms with Gasteiger partial charge < -0.3 is 14.5 Å². The molecule has 1 aromatic heterocycles. The number of benzene rings is 2. The lowest BCUT2D eigenvalue weighted by Gasteiger charge is -2.07. The first-order valence-corrected chi connectivity index (χ1v) is 8.17. The number of nitrogens with zero attached hydrogens (tertiary/aromatic N) is 2. The molecule has 3 rings (SSSR count). The van der Waals surface area contributed by atoms with Gasteiger partial charge in [-0.3, -0.25) is 4.79 Å². The van der Waals surface area contributed by atoms with E-state index in [1.54, 1.807) is 30.3 Å². The van der Waals surface area contributed by atoms with Gasteiger partial charge in [0.2, 0.25) is 12.3 Å². The quantitative estimate of drug-likeness (QED) is 0.643. The van der Waals surface area contributed by atoms with Crippen molar-refractivity contribution in [3.63, 3.8) is 0 Å². The summed E-state index contributed by atoms with van der Waals surface area (Å²) in [5.74, 6) is -1.06. The van der Waals surface area contributed by atoms with Crippen LogP contribution in [-0.4, -0.2) is 35.2 Å². The van der Waals surface area contributed by atoms with Gasteiger partial charge in [0.15, 0.2) is 6.61 Å². The highest BCUT2D eigenvalue weighted by Crippen LogP contribution is 2.17. The monoisotopic (exact) mass is 369 g/mol. The molecule has 0 saturated heterocycles. The highest BCUT2D eigenvalue weighted by molar-refractivity contribution is 5.91. The normalized spacial score (nSPS) is 10.4. The molecule has 0 aliphatic carbocycles. The number of hydrogen-bond donors (Lipinski definition) is 1. The highest BCUT2D eigenvalue weighted by Gasteiger charge is 2.11. The van der Waals surface area contributed by atoms with Crippen molar-refractivity contribution in [2.45, 2.75) is 6.42 Å². The number of nitrogens with one attached hydrogen (secondary N) is 1. The third-order valence-electron chi connectivity index (χ3n) is 3.74. The molecule has 27 heavy (non-hydrogen) atoms. The van der Waals surface area contributed by atoms with Crippen molar-refractivity contribution in [1.29, 1.82) is 0 Å². The van der Waals surface area contributed by atoms with Gasteiger partial charge in [0, 0.05) is 12.1 Å². The lowest BCUT2D eigenvalue weighted by atomic mass is 10.1. The summed E-state index contributed by atoms with van der Waals surface area (Å²) in [4.78, 5) is 23.7. The van der Waals surface area contributed by atoms with Crippen LogP contribution in [0.1, 0.15) is 15.9 Å². The summed E-state index contributed by atoms with van der Waals surface area (Å²) >= 11 is 0. The number of carbonyl (C=O) groups excluding carboxylic acids is 2. The maximum Gasteiger partial charge on any atom is 0.338 e. The average molecular weight is 369 g/mol. The first-order chi connectivity index (χ1) is 13.1. The summed E-state index contributed by atoms with van der Waals surface area (Å²) in [6, 6.07) is 12.7. The number of carbonyl (C=O) groups is 2. The zero-order valence-corrected chi connectivity index (χ0v) is 14.2. The fraction of sp³-hybridized carbons (Fsp3) is 0.158. The largest absolute Gasteiger partial charge is 0.452 e. The fourth-order valence-electron chi connectivity index (χ4n) is 2.35. The minimum atomic E-state index is -0.628. The van der Waals surface area contributed by atoms with Crippen LogP contribution in [0.4, 0.5) is 4.39 Å². The van der Waals surface area contributed by atoms with Crippen molar-refractivity contribution >= 4 is 11.9 Å². The van der Waals surface area contributed by atoms with Crippen LogP contribution in [0.25, 0.3) is 11.5 Å². The zero-order valence-electron chi connectivity index (χ0n) is 14.2. The van der Waals surface area contributed by atoms with Crippen molar-refractivity contribution in [2.75, 3.05) is 13.2 Å². The molecule has 1 heterocycles. The zero-order chi connectivity index (χ0) is 19.1. The molecule has 0 spiro atoms. The Bertz CT molecular complexity index is 911. The number of rotatable bonds is 7. The third kappa shape index (κ3) is 4.97. The molecule has 0 radical (unpaired) electrons. The van der Waals surface area contributed by atoms with E-state index in [0.717, 1.165) is 0 Å². The topological polar surface area (TPSA) is 94.3 Å². The molecule has 1 N–H and O–H groups in total. The maximum atomic E-state index is 13.5. The van der Waals surface area contributed by atoms with Crippen LogP contribution >= 0.6 is 0 Å². The second-order valence-corrected chi connectivity index (χ2v) is 5.59. The first kappa shape index (κ1) is 18.2. The Hall–Kier alpha value is -3.55. The minimum absolute atomic E-state index is 0.246. The summed E-state index contributed by atoms with van der Waals surface area (Å²) in [7, 11) is 0. The van der Waals surface area contributed by atoms with Crippen LogP contribution in [0.2, 0.25) is 0 Å². The molecule has 0 aliphatic heterocycles. The van der Waals surface area contributed by atoms with Gasteiger partial charge in [0.05, 0.1) is 5.56 Å². The molecule has 0 saturated carbocycles. The van der Waals surface area contributed by atoms with Gasteiger partial charge in [-0.05, 0) is 42.3 Å². The third-order valence-corrected chi connectivity index (χ3v) is 3.74. The molecular weight excluding hydrogens is 353 g/mol. The summed E-state index contributed by atoms with van der Waals surface area (Å²) < 4.78 is 23.5. The predicted octanol–water partition coefficient (Wildman–Crippen LogP) is 2.39. The van der Waals surface area contributed by atoms with E-state index in [0.29, 0.717) is 23.4 Å². The molecule has 8 heteroatoms. The van der Waals surface area contributed by atoms with Crippen LogP contribution in [0.15, 0.2) is 59.3 Å². The number of esters is 1. The summed E-state index contributed by atoms with van der Waals surface area (Å²) in [6.07, 6.45) is 1.56. The number of aromatic nitrogens is 2. The lowest BCUT2D eigenvalue weighted by Crippen LogP contribution is -2.30. The van der Waals surface area contributed by atoms with E-state index in [2.05, 4.69) is 15.5 Å². The van der Waals surface area contributed by atoms with Gasteiger partial charge in [-0.1, -0.05) is 18.2 Å². The predicted molar refractivity (Wildman–Crippen MR) is 93.1 cm³/mol. The number of amides is 1. The van der Waals surface area contributed by atoms with Gasteiger partial charge in [-0.25, -0.2) is 9.18 Å². The highest BCUT2D eigenvalue weighted by atomic mass is 19.1. The van der Waals surface area contributed by atoms with Gasteiger partial charge in [0.1, 0.15) is 5.82 Å². The van der Waals surface area contributed by atoms with Crippen LogP contribution < -0.4 is 5.32 Å². The Morgan fingerprint density at radius 3 is 2.59 bits per heavy atom. The average Bonchev–Trinajstić information content (AvgIpc) is 3.22. The Balaban J connectivity index is 1.43. The Morgan fingerprint density at radius 2 is 1.89 bits per heavy atom. The Kier molecular flexibility index (Phi) is 5.88. The van der Waals surface area contributed by atoms with E-state index < -0.39 is 18.5 Å². The molecule has 0 aliphatic rings. The van der Waals surface area contributed by atoms with Crippen molar-refractivity contribution in [3.8, 4) is 11.5 Å². The van der Waals surface area contributed by atoms with Crippen molar-refractivity contribution in [1.82, 2.24) is 15.5 Å². The summed E-state index contributed by atoms with van der Waals surface area (Å²) in [5.41, 5.74) is 1.46. The standard InChI is InChI=1S/C19H16FN3O4/c20-16-4-2-1-3-13(16)9-10-21-17(24)11-26-19(25)15-7-5-14(6-8-15)18-23-22-12-27-18/h1-8,12H,9-11H2,(H,21,24). The van der Waals surface area contributed by atoms with Crippen LogP contribution in [-0.2, 0) is 16.0 Å². The Labute approximate surface area is 154 Å². The Morgan fingerprint density at radius 1 is 1.11 bits per heavy atom. The van der Waals surface area contributed by atoms with Crippen LogP contribution in [0, 0.1) is 5.82 Å². The lowest BCUT2D eigenvalue weighted by molar-refractivity contribution is -0.124. The van der Waals surface area contributed by atoms with Crippen molar-refractivity contribution in [2.24, 2.45) is 0 Å². The molecular formula is C19H16FN3O4. The molecule has 3 aromatic rings. The van der Waals surface area contributed by atoms with E-state index in [9.17, 15) is 14.0 Å². The molecule has 0 atom stereocenters. The van der Waals surface area contributed by atoms with Crippen molar-refractivity contribution < 1.29 is 23.1 Å². The van der Waals surface area contributed by atoms with Crippen molar-refractivity contribution in [3.05, 3.63) is 71.9 Å².